The summed E-state index contributed by atoms with van der Waals surface area (Å²) >= 11 is 1.43. The van der Waals surface area contributed by atoms with Crippen molar-refractivity contribution in [2.75, 3.05) is 5.75 Å². The van der Waals surface area contributed by atoms with Gasteiger partial charge in [-0.2, -0.15) is 0 Å². The van der Waals surface area contributed by atoms with Crippen molar-refractivity contribution in [3.8, 4) is 0 Å². The van der Waals surface area contributed by atoms with E-state index < -0.39 is 0 Å². The van der Waals surface area contributed by atoms with Gasteiger partial charge in [-0.3, -0.25) is 4.79 Å². The molecule has 0 spiro atoms. The number of nitrogens with zero attached hydrogens (tertiary/aromatic N) is 3. The minimum atomic E-state index is -0.203. The summed E-state index contributed by atoms with van der Waals surface area (Å²) in [5.74, 6) is 1.95. The highest BCUT2D eigenvalue weighted by molar-refractivity contribution is 7.99. The van der Waals surface area contributed by atoms with Crippen molar-refractivity contribution in [1.82, 2.24) is 20.1 Å². The van der Waals surface area contributed by atoms with Crippen LogP contribution in [0.25, 0.3) is 0 Å². The number of thioether (sulfide) groups is 1. The van der Waals surface area contributed by atoms with Crippen LogP contribution in [0.5, 0.6) is 0 Å². The molecule has 20 heavy (non-hydrogen) atoms. The molecule has 2 rings (SSSR count). The summed E-state index contributed by atoms with van der Waals surface area (Å²) in [6.07, 6.45) is 4.21. The monoisotopic (exact) mass is 294 g/mol. The van der Waals surface area contributed by atoms with Crippen molar-refractivity contribution < 1.29 is 4.79 Å². The average Bonchev–Trinajstić information content (AvgIpc) is 3.09. The molecule has 0 aromatic carbocycles. The number of hydrogen-bond acceptors (Lipinski definition) is 4. The van der Waals surface area contributed by atoms with Crippen LogP contribution in [0.3, 0.4) is 0 Å². The summed E-state index contributed by atoms with van der Waals surface area (Å²) in [5, 5.41) is 12.2. The molecule has 0 radical (unpaired) electrons. The predicted octanol–water partition coefficient (Wildman–Crippen LogP) is 2.35. The molecular formula is C14H22N4OS. The van der Waals surface area contributed by atoms with E-state index in [1.807, 2.05) is 26.8 Å². The van der Waals surface area contributed by atoms with Gasteiger partial charge in [0, 0.05) is 18.0 Å². The third kappa shape index (κ3) is 4.10. The van der Waals surface area contributed by atoms with Crippen molar-refractivity contribution in [1.29, 1.82) is 0 Å². The first-order chi connectivity index (χ1) is 9.40. The molecule has 0 bridgehead atoms. The Kier molecular flexibility index (Phi) is 4.52. The molecular weight excluding hydrogens is 272 g/mol. The Labute approximate surface area is 124 Å². The number of aromatic nitrogens is 3. The quantitative estimate of drug-likeness (QED) is 0.646. The fraction of sp³-hybridized carbons (Fsp3) is 0.643. The molecule has 6 heteroatoms. The molecule has 1 N–H and O–H groups in total. The molecule has 1 amide bonds. The zero-order valence-electron chi connectivity index (χ0n) is 12.3. The zero-order valence-corrected chi connectivity index (χ0v) is 13.2. The molecule has 0 saturated heterocycles. The van der Waals surface area contributed by atoms with Gasteiger partial charge in [0.2, 0.25) is 5.91 Å². The van der Waals surface area contributed by atoms with E-state index in [4.69, 9.17) is 0 Å². The molecule has 1 aromatic rings. The Balaban J connectivity index is 1.98. The Morgan fingerprint density at radius 3 is 2.75 bits per heavy atom. The summed E-state index contributed by atoms with van der Waals surface area (Å²) in [4.78, 5) is 11.8. The minimum absolute atomic E-state index is 0.0172. The number of carbonyl (C=O) groups excluding carboxylic acids is 1. The highest BCUT2D eigenvalue weighted by Crippen LogP contribution is 2.40. The number of hydrogen-bond donors (Lipinski definition) is 1. The van der Waals surface area contributed by atoms with Crippen LogP contribution < -0.4 is 5.32 Å². The lowest BCUT2D eigenvalue weighted by molar-refractivity contribution is -0.119. The second-order valence-electron chi connectivity index (χ2n) is 6.10. The molecule has 1 aromatic heterocycles. The topological polar surface area (TPSA) is 59.8 Å². The normalized spacial score (nSPS) is 15.2. The van der Waals surface area contributed by atoms with Crippen LogP contribution in [0.15, 0.2) is 17.8 Å². The third-order valence-corrected chi connectivity index (χ3v) is 3.81. The molecule has 1 aliphatic carbocycles. The Hall–Kier alpha value is -1.30. The lowest BCUT2D eigenvalue weighted by atomic mass is 10.1. The first-order valence-corrected chi connectivity index (χ1v) is 7.87. The van der Waals surface area contributed by atoms with Crippen molar-refractivity contribution >= 4 is 17.7 Å². The highest BCUT2D eigenvalue weighted by atomic mass is 32.2. The van der Waals surface area contributed by atoms with Gasteiger partial charge in [-0.1, -0.05) is 17.8 Å². The number of amides is 1. The number of allylic oxidation sites excluding steroid dienone is 1. The summed E-state index contributed by atoms with van der Waals surface area (Å²) in [5.41, 5.74) is -0.203. The molecule has 0 aliphatic heterocycles. The maximum atomic E-state index is 11.8. The van der Waals surface area contributed by atoms with E-state index in [1.54, 1.807) is 0 Å². The van der Waals surface area contributed by atoms with Crippen LogP contribution in [0.4, 0.5) is 0 Å². The summed E-state index contributed by atoms with van der Waals surface area (Å²) in [6.45, 7) is 10.4. The number of carbonyl (C=O) groups is 1. The Morgan fingerprint density at radius 1 is 1.50 bits per heavy atom. The van der Waals surface area contributed by atoms with E-state index in [9.17, 15) is 4.79 Å². The largest absolute Gasteiger partial charge is 0.351 e. The van der Waals surface area contributed by atoms with Gasteiger partial charge in [0.1, 0.15) is 5.82 Å². The Morgan fingerprint density at radius 2 is 2.20 bits per heavy atom. The first kappa shape index (κ1) is 15.1. The van der Waals surface area contributed by atoms with E-state index in [1.165, 1.54) is 24.6 Å². The van der Waals surface area contributed by atoms with Crippen LogP contribution in [-0.4, -0.2) is 32.0 Å². The fourth-order valence-electron chi connectivity index (χ4n) is 1.94. The van der Waals surface area contributed by atoms with Gasteiger partial charge in [0.25, 0.3) is 0 Å². The smallest absolute Gasteiger partial charge is 0.230 e. The standard InChI is InChI=1S/C14H22N4OS/c1-5-8-18-12(10-6-7-10)16-17-13(18)20-9-11(19)15-14(2,3)4/h5,10H,1,6-9H2,2-4H3,(H,15,19). The maximum Gasteiger partial charge on any atom is 0.230 e. The van der Waals surface area contributed by atoms with Gasteiger partial charge in [-0.05, 0) is 33.6 Å². The van der Waals surface area contributed by atoms with Crippen molar-refractivity contribution in [3.63, 3.8) is 0 Å². The SMILES string of the molecule is C=CCn1c(SCC(=O)NC(C)(C)C)nnc1C1CC1. The van der Waals surface area contributed by atoms with E-state index in [2.05, 4.69) is 26.7 Å². The van der Waals surface area contributed by atoms with Crippen LogP contribution in [-0.2, 0) is 11.3 Å². The minimum Gasteiger partial charge on any atom is -0.351 e. The molecule has 1 saturated carbocycles. The van der Waals surface area contributed by atoms with Gasteiger partial charge >= 0.3 is 0 Å². The second-order valence-corrected chi connectivity index (χ2v) is 7.04. The van der Waals surface area contributed by atoms with Crippen LogP contribution in [0.2, 0.25) is 0 Å². The van der Waals surface area contributed by atoms with Crippen molar-refractivity contribution in [3.05, 3.63) is 18.5 Å². The number of nitrogens with one attached hydrogen (secondary N) is 1. The summed E-state index contributed by atoms with van der Waals surface area (Å²) in [7, 11) is 0. The predicted molar refractivity (Wildman–Crippen MR) is 80.8 cm³/mol. The van der Waals surface area contributed by atoms with Crippen molar-refractivity contribution in [2.45, 2.75) is 56.8 Å². The maximum absolute atomic E-state index is 11.8. The molecule has 110 valence electrons. The van der Waals surface area contributed by atoms with Gasteiger partial charge in [-0.15, -0.1) is 16.8 Å². The van der Waals surface area contributed by atoms with E-state index in [-0.39, 0.29) is 11.4 Å². The molecule has 0 atom stereocenters. The zero-order chi connectivity index (χ0) is 14.8. The molecule has 1 aliphatic rings. The third-order valence-electron chi connectivity index (χ3n) is 2.85. The number of rotatable bonds is 6. The van der Waals surface area contributed by atoms with Gasteiger partial charge in [0.15, 0.2) is 5.16 Å². The van der Waals surface area contributed by atoms with Gasteiger partial charge < -0.3 is 9.88 Å². The average molecular weight is 294 g/mol. The molecule has 1 fully saturated rings. The summed E-state index contributed by atoms with van der Waals surface area (Å²) in [6, 6.07) is 0. The Bertz CT molecular complexity index is 500. The van der Waals surface area contributed by atoms with E-state index >= 15 is 0 Å². The van der Waals surface area contributed by atoms with Crippen LogP contribution in [0.1, 0.15) is 45.4 Å². The lowest BCUT2D eigenvalue weighted by Crippen LogP contribution is -2.41. The van der Waals surface area contributed by atoms with Gasteiger partial charge in [0.05, 0.1) is 5.75 Å². The van der Waals surface area contributed by atoms with Crippen LogP contribution in [0, 0.1) is 0 Å². The van der Waals surface area contributed by atoms with Crippen molar-refractivity contribution in [2.24, 2.45) is 0 Å². The molecule has 0 unspecified atom stereocenters. The highest BCUT2D eigenvalue weighted by Gasteiger charge is 2.30. The van der Waals surface area contributed by atoms with Crippen LogP contribution >= 0.6 is 11.8 Å². The molecule has 5 nitrogen and oxygen atoms in total. The van der Waals surface area contributed by atoms with E-state index in [0.29, 0.717) is 18.2 Å². The summed E-state index contributed by atoms with van der Waals surface area (Å²) < 4.78 is 2.07. The first-order valence-electron chi connectivity index (χ1n) is 6.88. The lowest BCUT2D eigenvalue weighted by Gasteiger charge is -2.20. The van der Waals surface area contributed by atoms with Gasteiger partial charge in [-0.25, -0.2) is 0 Å². The van der Waals surface area contributed by atoms with E-state index in [0.717, 1.165) is 11.0 Å². The molecule has 1 heterocycles. The fourth-order valence-corrected chi connectivity index (χ4v) is 2.69. The second kappa shape index (κ2) is 5.99.